The molecule has 0 amide bonds. The average molecular weight is 259 g/mol. The summed E-state index contributed by atoms with van der Waals surface area (Å²) in [6, 6.07) is 9.15. The van der Waals surface area contributed by atoms with Crippen molar-refractivity contribution in [1.82, 2.24) is 9.78 Å². The Morgan fingerprint density at radius 1 is 1.42 bits per heavy atom. The molecular weight excluding hydrogens is 242 g/mol. The molecule has 0 spiro atoms. The van der Waals surface area contributed by atoms with Crippen molar-refractivity contribution in [2.24, 2.45) is 0 Å². The number of ether oxygens (including phenoxy) is 1. The molecule has 0 aliphatic carbocycles. The van der Waals surface area contributed by atoms with Crippen LogP contribution in [-0.4, -0.2) is 22.4 Å². The van der Waals surface area contributed by atoms with Gasteiger partial charge >= 0.3 is 5.97 Å². The number of rotatable bonds is 4. The summed E-state index contributed by atoms with van der Waals surface area (Å²) in [5, 5.41) is 4.19. The molecule has 0 saturated carbocycles. The van der Waals surface area contributed by atoms with Gasteiger partial charge in [0.05, 0.1) is 18.7 Å². The van der Waals surface area contributed by atoms with E-state index < -0.39 is 0 Å². The van der Waals surface area contributed by atoms with Gasteiger partial charge in [-0.3, -0.25) is 4.68 Å². The second-order valence-corrected chi connectivity index (χ2v) is 4.29. The van der Waals surface area contributed by atoms with Gasteiger partial charge in [-0.15, -0.1) is 0 Å². The minimum Gasteiger partial charge on any atom is -0.462 e. The second-order valence-electron chi connectivity index (χ2n) is 4.29. The zero-order valence-corrected chi connectivity index (χ0v) is 11.1. The number of hydrogen-bond donors (Lipinski definition) is 1. The minimum atomic E-state index is -0.305. The van der Waals surface area contributed by atoms with Crippen LogP contribution in [0.3, 0.4) is 0 Å². The third-order valence-corrected chi connectivity index (χ3v) is 2.77. The van der Waals surface area contributed by atoms with E-state index in [-0.39, 0.29) is 5.97 Å². The van der Waals surface area contributed by atoms with E-state index in [2.05, 4.69) is 5.10 Å². The Balaban J connectivity index is 2.19. The first kappa shape index (κ1) is 13.1. The quantitative estimate of drug-likeness (QED) is 0.852. The van der Waals surface area contributed by atoms with Crippen LogP contribution in [0, 0.1) is 6.92 Å². The Bertz CT molecular complexity index is 590. The lowest BCUT2D eigenvalue weighted by molar-refractivity contribution is 0.0526. The lowest BCUT2D eigenvalue weighted by Crippen LogP contribution is -2.07. The molecule has 1 aromatic carbocycles. The zero-order valence-electron chi connectivity index (χ0n) is 11.1. The van der Waals surface area contributed by atoms with Crippen LogP contribution in [0.2, 0.25) is 0 Å². The normalized spacial score (nSPS) is 10.4. The van der Waals surface area contributed by atoms with Gasteiger partial charge in [0.2, 0.25) is 0 Å². The molecule has 0 unspecified atom stereocenters. The molecule has 0 radical (unpaired) electrons. The Morgan fingerprint density at radius 3 is 2.84 bits per heavy atom. The van der Waals surface area contributed by atoms with E-state index in [1.54, 1.807) is 17.7 Å². The fourth-order valence-corrected chi connectivity index (χ4v) is 1.88. The highest BCUT2D eigenvalue weighted by Gasteiger charge is 2.08. The molecule has 1 aromatic heterocycles. The number of nitrogens with zero attached hydrogens (tertiary/aromatic N) is 2. The van der Waals surface area contributed by atoms with Crippen molar-refractivity contribution >= 4 is 11.8 Å². The van der Waals surface area contributed by atoms with Crippen LogP contribution in [0.25, 0.3) is 0 Å². The molecule has 1 heterocycles. The van der Waals surface area contributed by atoms with Crippen LogP contribution in [0.4, 0.5) is 5.82 Å². The summed E-state index contributed by atoms with van der Waals surface area (Å²) < 4.78 is 6.78. The molecule has 0 fully saturated rings. The molecule has 5 heteroatoms. The number of hydrogen-bond acceptors (Lipinski definition) is 4. The topological polar surface area (TPSA) is 70.1 Å². The molecule has 0 aliphatic heterocycles. The van der Waals surface area contributed by atoms with Crippen molar-refractivity contribution in [3.63, 3.8) is 0 Å². The number of anilines is 1. The van der Waals surface area contributed by atoms with Crippen LogP contribution in [-0.2, 0) is 11.3 Å². The summed E-state index contributed by atoms with van der Waals surface area (Å²) in [4.78, 5) is 11.7. The van der Waals surface area contributed by atoms with Gasteiger partial charge in [0, 0.05) is 11.8 Å². The summed E-state index contributed by atoms with van der Waals surface area (Å²) >= 11 is 0. The van der Waals surface area contributed by atoms with Gasteiger partial charge in [0.25, 0.3) is 0 Å². The predicted molar refractivity (Wildman–Crippen MR) is 72.9 cm³/mol. The number of nitrogen functional groups attached to an aromatic ring is 1. The summed E-state index contributed by atoms with van der Waals surface area (Å²) in [6.07, 6.45) is 0. The van der Waals surface area contributed by atoms with Gasteiger partial charge in [0.1, 0.15) is 5.82 Å². The third kappa shape index (κ3) is 3.13. The largest absolute Gasteiger partial charge is 0.462 e. The van der Waals surface area contributed by atoms with E-state index in [1.807, 2.05) is 31.2 Å². The smallest absolute Gasteiger partial charge is 0.338 e. The first-order valence-electron chi connectivity index (χ1n) is 6.16. The number of carbonyl (C=O) groups is 1. The van der Waals surface area contributed by atoms with Gasteiger partial charge in [-0.1, -0.05) is 12.1 Å². The molecule has 5 nitrogen and oxygen atoms in total. The maximum absolute atomic E-state index is 11.7. The van der Waals surface area contributed by atoms with Crippen molar-refractivity contribution in [2.75, 3.05) is 12.3 Å². The Hall–Kier alpha value is -2.30. The zero-order chi connectivity index (χ0) is 13.8. The SMILES string of the molecule is CCOC(=O)c1cccc(Cn2nc(N)cc2C)c1. The molecule has 100 valence electrons. The fourth-order valence-electron chi connectivity index (χ4n) is 1.88. The monoisotopic (exact) mass is 259 g/mol. The van der Waals surface area contributed by atoms with Crippen molar-refractivity contribution in [3.8, 4) is 0 Å². The maximum atomic E-state index is 11.7. The van der Waals surface area contributed by atoms with Crippen LogP contribution < -0.4 is 5.73 Å². The van der Waals surface area contributed by atoms with Crippen molar-refractivity contribution < 1.29 is 9.53 Å². The first-order chi connectivity index (χ1) is 9.10. The van der Waals surface area contributed by atoms with Gasteiger partial charge in [0.15, 0.2) is 0 Å². The predicted octanol–water partition coefficient (Wildman–Crippen LogP) is 2.00. The van der Waals surface area contributed by atoms with Gasteiger partial charge in [-0.05, 0) is 31.5 Å². The number of aromatic nitrogens is 2. The number of esters is 1. The summed E-state index contributed by atoms with van der Waals surface area (Å²) in [7, 11) is 0. The number of aryl methyl sites for hydroxylation is 1. The van der Waals surface area contributed by atoms with E-state index in [0.29, 0.717) is 24.5 Å². The maximum Gasteiger partial charge on any atom is 0.338 e. The number of nitrogens with two attached hydrogens (primary N) is 1. The molecule has 0 saturated heterocycles. The lowest BCUT2D eigenvalue weighted by Gasteiger charge is -2.07. The second kappa shape index (κ2) is 5.56. The van der Waals surface area contributed by atoms with E-state index >= 15 is 0 Å². The molecular formula is C14H17N3O2. The standard InChI is InChI=1S/C14H17N3O2/c1-3-19-14(18)12-6-4-5-11(8-12)9-17-10(2)7-13(15)16-17/h4-8H,3,9H2,1-2H3,(H2,15,16). The van der Waals surface area contributed by atoms with Crippen LogP contribution in [0.5, 0.6) is 0 Å². The summed E-state index contributed by atoms with van der Waals surface area (Å²) in [5.74, 6) is 0.195. The average Bonchev–Trinajstić information content (AvgIpc) is 2.68. The van der Waals surface area contributed by atoms with E-state index in [0.717, 1.165) is 11.3 Å². The molecule has 2 N–H and O–H groups in total. The molecule has 2 aromatic rings. The minimum absolute atomic E-state index is 0.305. The van der Waals surface area contributed by atoms with Crippen LogP contribution >= 0.6 is 0 Å². The highest BCUT2D eigenvalue weighted by molar-refractivity contribution is 5.89. The van der Waals surface area contributed by atoms with Crippen LogP contribution in [0.15, 0.2) is 30.3 Å². The Morgan fingerprint density at radius 2 is 2.21 bits per heavy atom. The molecule has 2 rings (SSSR count). The van der Waals surface area contributed by atoms with Crippen molar-refractivity contribution in [2.45, 2.75) is 20.4 Å². The van der Waals surface area contributed by atoms with E-state index in [4.69, 9.17) is 10.5 Å². The highest BCUT2D eigenvalue weighted by Crippen LogP contribution is 2.11. The highest BCUT2D eigenvalue weighted by atomic mass is 16.5. The van der Waals surface area contributed by atoms with Gasteiger partial charge < -0.3 is 10.5 Å². The van der Waals surface area contributed by atoms with Crippen LogP contribution in [0.1, 0.15) is 28.5 Å². The third-order valence-electron chi connectivity index (χ3n) is 2.77. The molecule has 19 heavy (non-hydrogen) atoms. The lowest BCUT2D eigenvalue weighted by atomic mass is 10.1. The van der Waals surface area contributed by atoms with Gasteiger partial charge in [-0.25, -0.2) is 4.79 Å². The van der Waals surface area contributed by atoms with E-state index in [1.165, 1.54) is 0 Å². The number of benzene rings is 1. The molecule has 0 bridgehead atoms. The van der Waals surface area contributed by atoms with Gasteiger partial charge in [-0.2, -0.15) is 5.10 Å². The summed E-state index contributed by atoms with van der Waals surface area (Å²) in [5.41, 5.74) is 8.17. The molecule has 0 aliphatic rings. The Labute approximate surface area is 112 Å². The first-order valence-corrected chi connectivity index (χ1v) is 6.16. The molecule has 0 atom stereocenters. The number of carbonyl (C=O) groups excluding carboxylic acids is 1. The fraction of sp³-hybridized carbons (Fsp3) is 0.286. The Kier molecular flexibility index (Phi) is 3.85. The van der Waals surface area contributed by atoms with E-state index in [9.17, 15) is 4.79 Å². The summed E-state index contributed by atoms with van der Waals surface area (Å²) in [6.45, 7) is 4.68. The van der Waals surface area contributed by atoms with Crippen molar-refractivity contribution in [3.05, 3.63) is 47.2 Å². The van der Waals surface area contributed by atoms with Crippen molar-refractivity contribution in [1.29, 1.82) is 0 Å².